The highest BCUT2D eigenvalue weighted by molar-refractivity contribution is 5.71. The fourth-order valence-corrected chi connectivity index (χ4v) is 10.9. The van der Waals surface area contributed by atoms with Crippen LogP contribution >= 0.6 is 0 Å². The van der Waals surface area contributed by atoms with Crippen molar-refractivity contribution in [2.24, 2.45) is 0 Å². The number of hydrogen-bond donors (Lipinski definition) is 0. The van der Waals surface area contributed by atoms with E-state index in [1.165, 1.54) is 276 Å². The Bertz CT molecular complexity index is 1400. The van der Waals surface area contributed by atoms with E-state index in [9.17, 15) is 14.4 Å². The van der Waals surface area contributed by atoms with Crippen LogP contribution in [0.3, 0.4) is 0 Å². The first-order valence-electron chi connectivity index (χ1n) is 36.1. The Morgan fingerprint density at radius 1 is 0.247 bits per heavy atom. The molecule has 0 bridgehead atoms. The molecule has 6 nitrogen and oxygen atoms in total. The summed E-state index contributed by atoms with van der Waals surface area (Å²) in [5, 5.41) is 0. The van der Waals surface area contributed by atoms with Gasteiger partial charge in [0.2, 0.25) is 0 Å². The van der Waals surface area contributed by atoms with Crippen LogP contribution in [0, 0.1) is 0 Å². The first-order chi connectivity index (χ1) is 40.0. The molecule has 0 aliphatic rings. The van der Waals surface area contributed by atoms with E-state index >= 15 is 0 Å². The van der Waals surface area contributed by atoms with E-state index in [0.717, 1.165) is 77.0 Å². The summed E-state index contributed by atoms with van der Waals surface area (Å²) in [5.41, 5.74) is 0. The van der Waals surface area contributed by atoms with Crippen molar-refractivity contribution in [1.82, 2.24) is 0 Å². The van der Waals surface area contributed by atoms with Crippen molar-refractivity contribution in [1.29, 1.82) is 0 Å². The van der Waals surface area contributed by atoms with Crippen molar-refractivity contribution >= 4 is 17.9 Å². The molecule has 0 aromatic rings. The van der Waals surface area contributed by atoms with Crippen LogP contribution in [-0.4, -0.2) is 37.2 Å². The van der Waals surface area contributed by atoms with Crippen LogP contribution < -0.4 is 0 Å². The maximum atomic E-state index is 13.0. The summed E-state index contributed by atoms with van der Waals surface area (Å²) in [7, 11) is 0. The summed E-state index contributed by atoms with van der Waals surface area (Å²) in [4.78, 5) is 38.5. The molecule has 0 saturated heterocycles. The molecule has 0 heterocycles. The molecule has 81 heavy (non-hydrogen) atoms. The number of carbonyl (C=O) groups excluding carboxylic acids is 3. The van der Waals surface area contributed by atoms with Crippen LogP contribution in [0.4, 0.5) is 0 Å². The summed E-state index contributed by atoms with van der Waals surface area (Å²) >= 11 is 0. The van der Waals surface area contributed by atoms with E-state index in [0.29, 0.717) is 19.3 Å². The lowest BCUT2D eigenvalue weighted by atomic mass is 10.0. The van der Waals surface area contributed by atoms with E-state index in [1.54, 1.807) is 0 Å². The molecule has 6 heteroatoms. The van der Waals surface area contributed by atoms with Crippen molar-refractivity contribution in [3.63, 3.8) is 0 Å². The summed E-state index contributed by atoms with van der Waals surface area (Å²) in [6, 6.07) is 0. The van der Waals surface area contributed by atoms with Gasteiger partial charge in [-0.1, -0.05) is 339 Å². The first-order valence-corrected chi connectivity index (χ1v) is 36.1. The van der Waals surface area contributed by atoms with E-state index in [-0.39, 0.29) is 31.1 Å². The van der Waals surface area contributed by atoms with Crippen LogP contribution in [0.2, 0.25) is 0 Å². The Morgan fingerprint density at radius 3 is 0.704 bits per heavy atom. The number of ether oxygens (including phenoxy) is 3. The maximum absolute atomic E-state index is 13.0. The molecule has 0 aliphatic heterocycles. The highest BCUT2D eigenvalue weighted by Crippen LogP contribution is 2.18. The number of rotatable bonds is 67. The van der Waals surface area contributed by atoms with Crippen molar-refractivity contribution in [3.8, 4) is 0 Å². The zero-order chi connectivity index (χ0) is 58.5. The third-order valence-electron chi connectivity index (χ3n) is 16.3. The van der Waals surface area contributed by atoms with E-state index in [2.05, 4.69) is 69.4 Å². The standard InChI is InChI=1S/C75H138O6/c1-4-7-10-13-16-19-22-25-28-30-32-34-35-36-37-38-39-41-42-44-47-50-53-56-59-62-65-68-74(77)80-71-72(70-79-73(76)67-64-61-58-55-52-49-46-27-24-21-18-15-12-9-6-3)81-75(78)69-66-63-60-57-54-51-48-45-43-40-33-31-29-26-23-20-17-14-11-8-5-2/h22,25,27,30,32,35-36,46,72H,4-21,23-24,26,28-29,31,33-34,37-45,47-71H2,1-3H3/b25-22-,32-30-,36-35-,46-27-. The lowest BCUT2D eigenvalue weighted by Crippen LogP contribution is -2.30. The predicted octanol–water partition coefficient (Wildman–Crippen LogP) is 24.9. The molecule has 0 aliphatic carbocycles. The topological polar surface area (TPSA) is 78.9 Å². The lowest BCUT2D eigenvalue weighted by Gasteiger charge is -2.18. The molecular weight excluding hydrogens is 997 g/mol. The monoisotopic (exact) mass is 1140 g/mol. The normalized spacial score (nSPS) is 12.3. The highest BCUT2D eigenvalue weighted by atomic mass is 16.6. The molecule has 0 spiro atoms. The van der Waals surface area contributed by atoms with Crippen molar-refractivity contribution < 1.29 is 28.6 Å². The van der Waals surface area contributed by atoms with Crippen LogP contribution in [0.1, 0.15) is 393 Å². The third kappa shape index (κ3) is 68.0. The molecule has 474 valence electrons. The van der Waals surface area contributed by atoms with E-state index in [4.69, 9.17) is 14.2 Å². The van der Waals surface area contributed by atoms with Gasteiger partial charge < -0.3 is 14.2 Å². The Morgan fingerprint density at radius 2 is 0.444 bits per heavy atom. The molecular formula is C75H138O6. The first kappa shape index (κ1) is 78.4. The van der Waals surface area contributed by atoms with E-state index in [1.807, 2.05) is 0 Å². The molecule has 0 aromatic heterocycles. The molecule has 0 rings (SSSR count). The Kier molecular flexibility index (Phi) is 67.6. The van der Waals surface area contributed by atoms with E-state index < -0.39 is 6.10 Å². The SMILES string of the molecule is CCCCCCC/C=C\C/C=C\C/C=C\CCCCCCCCCCCCCCC(=O)OCC(COC(=O)CCCCCCC/C=C\CCCCCCCC)OC(=O)CCCCCCCCCCCCCCCCCCCCCCC. The predicted molar refractivity (Wildman–Crippen MR) is 353 cm³/mol. The van der Waals surface area contributed by atoms with Gasteiger partial charge >= 0.3 is 17.9 Å². The van der Waals surface area contributed by atoms with Crippen LogP contribution in [0.15, 0.2) is 48.6 Å². The smallest absolute Gasteiger partial charge is 0.306 e. The quantitative estimate of drug-likeness (QED) is 0.0261. The molecule has 0 N–H and O–H groups in total. The van der Waals surface area contributed by atoms with Gasteiger partial charge in [0.1, 0.15) is 13.2 Å². The van der Waals surface area contributed by atoms with Gasteiger partial charge in [-0.25, -0.2) is 0 Å². The van der Waals surface area contributed by atoms with Gasteiger partial charge in [0.25, 0.3) is 0 Å². The number of unbranched alkanes of at least 4 members (excludes halogenated alkanes) is 48. The van der Waals surface area contributed by atoms with Gasteiger partial charge in [-0.15, -0.1) is 0 Å². The van der Waals surface area contributed by atoms with Gasteiger partial charge in [-0.2, -0.15) is 0 Å². The molecule has 1 atom stereocenters. The zero-order valence-corrected chi connectivity index (χ0v) is 54.6. The van der Waals surface area contributed by atoms with Gasteiger partial charge in [-0.05, 0) is 83.5 Å². The molecule has 0 radical (unpaired) electrons. The third-order valence-corrected chi connectivity index (χ3v) is 16.3. The minimum absolute atomic E-state index is 0.0722. The van der Waals surface area contributed by atoms with Gasteiger partial charge in [0.15, 0.2) is 6.10 Å². The van der Waals surface area contributed by atoms with Crippen LogP contribution in [-0.2, 0) is 28.6 Å². The summed E-state index contributed by atoms with van der Waals surface area (Å²) in [6.07, 6.45) is 88.5. The number of allylic oxidation sites excluding steroid dienone is 8. The summed E-state index contributed by atoms with van der Waals surface area (Å²) in [6.45, 7) is 6.69. The second kappa shape index (κ2) is 69.9. The fourth-order valence-electron chi connectivity index (χ4n) is 10.9. The Balaban J connectivity index is 4.27. The van der Waals surface area contributed by atoms with Crippen LogP contribution in [0.5, 0.6) is 0 Å². The van der Waals surface area contributed by atoms with Crippen molar-refractivity contribution in [2.45, 2.75) is 399 Å². The average molecular weight is 1140 g/mol. The minimum Gasteiger partial charge on any atom is -0.462 e. The zero-order valence-electron chi connectivity index (χ0n) is 54.6. The lowest BCUT2D eigenvalue weighted by molar-refractivity contribution is -0.167. The van der Waals surface area contributed by atoms with Crippen molar-refractivity contribution in [2.75, 3.05) is 13.2 Å². The van der Waals surface area contributed by atoms with Crippen LogP contribution in [0.25, 0.3) is 0 Å². The fraction of sp³-hybridized carbons (Fsp3) is 0.853. The van der Waals surface area contributed by atoms with Gasteiger partial charge in [-0.3, -0.25) is 14.4 Å². The Labute approximate surface area is 505 Å². The molecule has 1 unspecified atom stereocenters. The number of carbonyl (C=O) groups is 3. The summed E-state index contributed by atoms with van der Waals surface area (Å²) < 4.78 is 17.0. The molecule has 0 saturated carbocycles. The average Bonchev–Trinajstić information content (AvgIpc) is 3.47. The number of esters is 3. The van der Waals surface area contributed by atoms with Gasteiger partial charge in [0, 0.05) is 19.3 Å². The highest BCUT2D eigenvalue weighted by Gasteiger charge is 2.19. The minimum atomic E-state index is -0.776. The largest absolute Gasteiger partial charge is 0.462 e. The maximum Gasteiger partial charge on any atom is 0.306 e. The summed E-state index contributed by atoms with van der Waals surface area (Å²) in [5.74, 6) is -0.854. The Hall–Kier alpha value is -2.63. The molecule has 0 amide bonds. The second-order valence-corrected chi connectivity index (χ2v) is 24.5. The van der Waals surface area contributed by atoms with Gasteiger partial charge in [0.05, 0.1) is 0 Å². The molecule has 0 aromatic carbocycles. The van der Waals surface area contributed by atoms with Crippen molar-refractivity contribution in [3.05, 3.63) is 48.6 Å². The molecule has 0 fully saturated rings. The number of hydrogen-bond acceptors (Lipinski definition) is 6. The second-order valence-electron chi connectivity index (χ2n) is 24.5.